The molecule has 4 nitrogen and oxygen atoms in total. The summed E-state index contributed by atoms with van der Waals surface area (Å²) in [7, 11) is 0. The van der Waals surface area contributed by atoms with Crippen molar-refractivity contribution in [1.29, 1.82) is 0 Å². The van der Waals surface area contributed by atoms with Gasteiger partial charge < -0.3 is 5.32 Å². The van der Waals surface area contributed by atoms with Crippen molar-refractivity contribution in [2.45, 2.75) is 32.7 Å². The Morgan fingerprint density at radius 1 is 1.35 bits per heavy atom. The maximum atomic E-state index is 10.8. The van der Waals surface area contributed by atoms with Gasteiger partial charge in [-0.25, -0.2) is 0 Å². The lowest BCUT2D eigenvalue weighted by molar-refractivity contribution is -0.385. The van der Waals surface area contributed by atoms with E-state index >= 15 is 0 Å². The summed E-state index contributed by atoms with van der Waals surface area (Å²) in [4.78, 5) is 10.5. The topological polar surface area (TPSA) is 55.2 Å². The number of hydrogen-bond donors (Lipinski definition) is 1. The van der Waals surface area contributed by atoms with Gasteiger partial charge in [0, 0.05) is 23.4 Å². The van der Waals surface area contributed by atoms with Gasteiger partial charge in [-0.3, -0.25) is 10.1 Å². The Morgan fingerprint density at radius 3 is 2.70 bits per heavy atom. The summed E-state index contributed by atoms with van der Waals surface area (Å²) in [6, 6.07) is 5.67. The van der Waals surface area contributed by atoms with Crippen LogP contribution in [0.2, 0.25) is 0 Å². The van der Waals surface area contributed by atoms with Crippen LogP contribution >= 0.6 is 0 Å². The first-order valence-electron chi connectivity index (χ1n) is 7.24. The maximum Gasteiger partial charge on any atom is 0.272 e. The van der Waals surface area contributed by atoms with E-state index in [0.717, 1.165) is 11.6 Å². The van der Waals surface area contributed by atoms with E-state index in [9.17, 15) is 10.1 Å². The number of nitro benzene ring substituents is 1. The van der Waals surface area contributed by atoms with Crippen LogP contribution in [0.4, 0.5) is 11.4 Å². The molecule has 0 aromatic heterocycles. The third-order valence-corrected chi connectivity index (χ3v) is 4.76. The second-order valence-electron chi connectivity index (χ2n) is 6.14. The van der Waals surface area contributed by atoms with E-state index in [4.69, 9.17) is 0 Å². The number of benzene rings is 1. The van der Waals surface area contributed by atoms with Gasteiger partial charge in [0.1, 0.15) is 0 Å². The van der Waals surface area contributed by atoms with Crippen LogP contribution in [0.15, 0.2) is 30.4 Å². The van der Waals surface area contributed by atoms with Gasteiger partial charge >= 0.3 is 0 Å². The van der Waals surface area contributed by atoms with Crippen molar-refractivity contribution in [3.63, 3.8) is 0 Å². The SMILES string of the molecule is Cc1cc(NC(C)C2CC3C=CC2C3)ccc1[N+](=O)[O-]. The normalized spacial score (nSPS) is 28.6. The summed E-state index contributed by atoms with van der Waals surface area (Å²) in [5.41, 5.74) is 1.87. The Balaban J connectivity index is 1.70. The van der Waals surface area contributed by atoms with Gasteiger partial charge in [0.2, 0.25) is 0 Å². The van der Waals surface area contributed by atoms with Crippen molar-refractivity contribution < 1.29 is 4.92 Å². The van der Waals surface area contributed by atoms with Crippen LogP contribution in [-0.2, 0) is 0 Å². The highest BCUT2D eigenvalue weighted by molar-refractivity contribution is 5.54. The number of nitrogens with zero attached hydrogens (tertiary/aromatic N) is 1. The van der Waals surface area contributed by atoms with E-state index in [1.807, 2.05) is 12.1 Å². The van der Waals surface area contributed by atoms with Crippen molar-refractivity contribution in [3.8, 4) is 0 Å². The summed E-state index contributed by atoms with van der Waals surface area (Å²) < 4.78 is 0. The molecule has 0 radical (unpaired) electrons. The molecule has 106 valence electrons. The number of anilines is 1. The molecule has 1 aromatic rings. The molecule has 0 aliphatic heterocycles. The maximum absolute atomic E-state index is 10.8. The lowest BCUT2D eigenvalue weighted by Gasteiger charge is -2.27. The molecule has 1 N–H and O–H groups in total. The van der Waals surface area contributed by atoms with Gasteiger partial charge in [-0.05, 0) is 56.6 Å². The first-order valence-corrected chi connectivity index (χ1v) is 7.24. The predicted octanol–water partition coefficient (Wildman–Crippen LogP) is 3.92. The lowest BCUT2D eigenvalue weighted by atomic mass is 9.87. The monoisotopic (exact) mass is 272 g/mol. The molecular formula is C16H20N2O2. The van der Waals surface area contributed by atoms with Crippen LogP contribution in [0.3, 0.4) is 0 Å². The van der Waals surface area contributed by atoms with Gasteiger partial charge in [-0.15, -0.1) is 0 Å². The van der Waals surface area contributed by atoms with Crippen molar-refractivity contribution in [3.05, 3.63) is 46.0 Å². The molecule has 4 unspecified atom stereocenters. The molecule has 1 fully saturated rings. The summed E-state index contributed by atoms with van der Waals surface area (Å²) in [6.45, 7) is 4.00. The molecule has 20 heavy (non-hydrogen) atoms. The Morgan fingerprint density at radius 2 is 2.15 bits per heavy atom. The minimum absolute atomic E-state index is 0.186. The summed E-state index contributed by atoms with van der Waals surface area (Å²) >= 11 is 0. The molecule has 0 amide bonds. The fourth-order valence-electron chi connectivity index (χ4n) is 3.72. The van der Waals surface area contributed by atoms with Crippen molar-refractivity contribution in [2.75, 3.05) is 5.32 Å². The summed E-state index contributed by atoms with van der Waals surface area (Å²) in [5.74, 6) is 2.16. The molecule has 2 bridgehead atoms. The summed E-state index contributed by atoms with van der Waals surface area (Å²) in [6.07, 6.45) is 7.28. The second-order valence-corrected chi connectivity index (χ2v) is 6.14. The average Bonchev–Trinajstić information content (AvgIpc) is 3.00. The zero-order valence-electron chi connectivity index (χ0n) is 11.9. The van der Waals surface area contributed by atoms with Crippen LogP contribution in [0.5, 0.6) is 0 Å². The van der Waals surface area contributed by atoms with Crippen LogP contribution in [-0.4, -0.2) is 11.0 Å². The third-order valence-electron chi connectivity index (χ3n) is 4.76. The van der Waals surface area contributed by atoms with E-state index in [0.29, 0.717) is 23.4 Å². The van der Waals surface area contributed by atoms with E-state index in [1.165, 1.54) is 12.8 Å². The number of rotatable bonds is 4. The molecule has 4 heteroatoms. The van der Waals surface area contributed by atoms with Crippen molar-refractivity contribution >= 4 is 11.4 Å². The molecule has 2 aliphatic rings. The smallest absolute Gasteiger partial charge is 0.272 e. The Hall–Kier alpha value is -1.84. The van der Waals surface area contributed by atoms with Gasteiger partial charge in [0.25, 0.3) is 5.69 Å². The van der Waals surface area contributed by atoms with Crippen molar-refractivity contribution in [1.82, 2.24) is 0 Å². The van der Waals surface area contributed by atoms with Gasteiger partial charge in [0.05, 0.1) is 4.92 Å². The van der Waals surface area contributed by atoms with Crippen LogP contribution < -0.4 is 5.32 Å². The first-order chi connectivity index (χ1) is 9.54. The number of aryl methyl sites for hydroxylation is 1. The number of nitrogens with one attached hydrogen (secondary N) is 1. The van der Waals surface area contributed by atoms with E-state index < -0.39 is 0 Å². The fraction of sp³-hybridized carbons (Fsp3) is 0.500. The molecular weight excluding hydrogens is 252 g/mol. The average molecular weight is 272 g/mol. The molecule has 1 aromatic carbocycles. The quantitative estimate of drug-likeness (QED) is 0.513. The van der Waals surface area contributed by atoms with Crippen LogP contribution in [0, 0.1) is 34.8 Å². The fourth-order valence-corrected chi connectivity index (χ4v) is 3.72. The minimum Gasteiger partial charge on any atom is -0.382 e. The minimum atomic E-state index is -0.330. The zero-order chi connectivity index (χ0) is 14.3. The second kappa shape index (κ2) is 4.93. The van der Waals surface area contributed by atoms with Crippen LogP contribution in [0.1, 0.15) is 25.3 Å². The van der Waals surface area contributed by atoms with Gasteiger partial charge in [-0.2, -0.15) is 0 Å². The largest absolute Gasteiger partial charge is 0.382 e. The molecule has 3 rings (SSSR count). The standard InChI is InChI=1S/C16H20N2O2/c1-10-7-14(5-6-16(10)18(19)20)17-11(2)15-9-12-3-4-13(15)8-12/h3-7,11-13,15,17H,8-9H2,1-2H3. The van der Waals surface area contributed by atoms with Gasteiger partial charge in [0.15, 0.2) is 0 Å². The lowest BCUT2D eigenvalue weighted by Crippen LogP contribution is -2.28. The Labute approximate surface area is 119 Å². The number of fused-ring (bicyclic) bond motifs is 2. The Bertz CT molecular complexity index is 568. The molecule has 2 aliphatic carbocycles. The predicted molar refractivity (Wildman–Crippen MR) is 79.8 cm³/mol. The third kappa shape index (κ3) is 2.30. The highest BCUT2D eigenvalue weighted by Crippen LogP contribution is 2.45. The number of hydrogen-bond acceptors (Lipinski definition) is 3. The van der Waals surface area contributed by atoms with Gasteiger partial charge in [-0.1, -0.05) is 12.2 Å². The highest BCUT2D eigenvalue weighted by Gasteiger charge is 2.38. The first kappa shape index (κ1) is 13.2. The highest BCUT2D eigenvalue weighted by atomic mass is 16.6. The van der Waals surface area contributed by atoms with E-state index in [2.05, 4.69) is 24.4 Å². The number of nitro groups is 1. The molecule has 0 spiro atoms. The number of allylic oxidation sites excluding steroid dienone is 2. The zero-order valence-corrected chi connectivity index (χ0v) is 11.9. The Kier molecular flexibility index (Phi) is 3.24. The summed E-state index contributed by atoms with van der Waals surface area (Å²) in [5, 5.41) is 14.3. The molecule has 0 saturated heterocycles. The molecule has 1 saturated carbocycles. The van der Waals surface area contributed by atoms with E-state index in [-0.39, 0.29) is 10.6 Å². The van der Waals surface area contributed by atoms with Crippen molar-refractivity contribution in [2.24, 2.45) is 17.8 Å². The van der Waals surface area contributed by atoms with E-state index in [1.54, 1.807) is 13.0 Å². The molecule has 4 atom stereocenters. The van der Waals surface area contributed by atoms with Crippen LogP contribution in [0.25, 0.3) is 0 Å². The molecule has 0 heterocycles.